The Hall–Kier alpha value is -2.22. The highest BCUT2D eigenvalue weighted by atomic mass is 16.1. The van der Waals surface area contributed by atoms with E-state index in [1.54, 1.807) is 0 Å². The van der Waals surface area contributed by atoms with Crippen molar-refractivity contribution in [3.8, 4) is 0 Å². The summed E-state index contributed by atoms with van der Waals surface area (Å²) in [5.74, 6) is 0. The van der Waals surface area contributed by atoms with Crippen molar-refractivity contribution in [3.63, 3.8) is 0 Å². The minimum absolute atomic E-state index is 0.480. The van der Waals surface area contributed by atoms with Crippen LogP contribution in [0.3, 0.4) is 0 Å². The van der Waals surface area contributed by atoms with Gasteiger partial charge in [-0.15, -0.1) is 0 Å². The highest BCUT2D eigenvalue weighted by Crippen LogP contribution is 2.08. The zero-order valence-corrected chi connectivity index (χ0v) is 11.3. The van der Waals surface area contributed by atoms with Crippen molar-refractivity contribution in [2.24, 2.45) is 0 Å². The summed E-state index contributed by atoms with van der Waals surface area (Å²) in [6.07, 6.45) is 9.14. The topological polar surface area (TPSA) is 20.9 Å². The first-order valence-electron chi connectivity index (χ1n) is 6.43. The molecule has 96 valence electrons. The Balaban J connectivity index is 2.10. The summed E-state index contributed by atoms with van der Waals surface area (Å²) in [6.45, 7) is 4.31. The third-order valence-electron chi connectivity index (χ3n) is 3.02. The Labute approximate surface area is 114 Å². The zero-order valence-electron chi connectivity index (χ0n) is 11.3. The van der Waals surface area contributed by atoms with E-state index in [1.807, 2.05) is 30.3 Å². The summed E-state index contributed by atoms with van der Waals surface area (Å²) in [5.41, 5.74) is 2.96. The largest absolute Gasteiger partial charge is 0.298 e. The summed E-state index contributed by atoms with van der Waals surface area (Å²) < 4.78 is 2.16. The average molecular weight is 252 g/mol. The number of hydrogen-bond donors (Lipinski definition) is 0. The second-order valence-electron chi connectivity index (χ2n) is 4.79. The molecule has 0 amide bonds. The maximum absolute atomic E-state index is 10.6. The summed E-state index contributed by atoms with van der Waals surface area (Å²) in [6, 6.07) is 12.2. The van der Waals surface area contributed by atoms with Crippen molar-refractivity contribution < 1.29 is 9.36 Å². The van der Waals surface area contributed by atoms with Crippen molar-refractivity contribution in [2.75, 3.05) is 0 Å². The van der Waals surface area contributed by atoms with Gasteiger partial charge in [-0.25, -0.2) is 4.57 Å². The predicted molar refractivity (Wildman–Crippen MR) is 77.8 cm³/mol. The lowest BCUT2D eigenvalue weighted by atomic mass is 10.1. The standard InChI is InChI=1S/C17H18NO/c1-14(2)18-11-9-16(10-12-18)4-3-15-5-7-17(13-19)8-6-15/h3-14H,1-2H3/q+1/b4-3+. The van der Waals surface area contributed by atoms with Crippen LogP contribution >= 0.6 is 0 Å². The van der Waals surface area contributed by atoms with Gasteiger partial charge in [0.15, 0.2) is 18.4 Å². The molecule has 0 unspecified atom stereocenters. The van der Waals surface area contributed by atoms with Crippen LogP contribution in [0, 0.1) is 0 Å². The molecule has 0 saturated carbocycles. The first-order valence-corrected chi connectivity index (χ1v) is 6.43. The van der Waals surface area contributed by atoms with Gasteiger partial charge in [-0.2, -0.15) is 0 Å². The van der Waals surface area contributed by atoms with Gasteiger partial charge in [0.2, 0.25) is 0 Å². The maximum atomic E-state index is 10.6. The van der Waals surface area contributed by atoms with E-state index in [0.717, 1.165) is 17.4 Å². The van der Waals surface area contributed by atoms with Gasteiger partial charge in [0.1, 0.15) is 6.29 Å². The molecule has 0 saturated heterocycles. The SMILES string of the molecule is CC(C)[n+]1ccc(/C=C/c2ccc(C=O)cc2)cc1. The van der Waals surface area contributed by atoms with E-state index in [1.165, 1.54) is 0 Å². The van der Waals surface area contributed by atoms with Crippen molar-refractivity contribution in [1.29, 1.82) is 0 Å². The normalized spacial score (nSPS) is 11.1. The Morgan fingerprint density at radius 2 is 1.32 bits per heavy atom. The van der Waals surface area contributed by atoms with Crippen LogP contribution < -0.4 is 4.57 Å². The van der Waals surface area contributed by atoms with Crippen molar-refractivity contribution in [2.45, 2.75) is 19.9 Å². The summed E-state index contributed by atoms with van der Waals surface area (Å²) >= 11 is 0. The van der Waals surface area contributed by atoms with E-state index in [4.69, 9.17) is 0 Å². The second kappa shape index (κ2) is 6.10. The average Bonchev–Trinajstić information content (AvgIpc) is 2.46. The number of rotatable bonds is 4. The number of aldehydes is 1. The number of aromatic nitrogens is 1. The van der Waals surface area contributed by atoms with E-state index >= 15 is 0 Å². The molecule has 19 heavy (non-hydrogen) atoms. The lowest BCUT2D eigenvalue weighted by molar-refractivity contribution is -0.716. The van der Waals surface area contributed by atoms with Gasteiger partial charge in [0.25, 0.3) is 0 Å². The van der Waals surface area contributed by atoms with E-state index in [-0.39, 0.29) is 0 Å². The quantitative estimate of drug-likeness (QED) is 0.602. The maximum Gasteiger partial charge on any atom is 0.169 e. The molecule has 0 spiro atoms. The van der Waals surface area contributed by atoms with Gasteiger partial charge in [0, 0.05) is 17.7 Å². The van der Waals surface area contributed by atoms with Crippen LogP contribution in [-0.2, 0) is 0 Å². The van der Waals surface area contributed by atoms with Gasteiger partial charge >= 0.3 is 0 Å². The molecule has 2 rings (SSSR count). The molecule has 0 fully saturated rings. The van der Waals surface area contributed by atoms with Crippen LogP contribution in [0.4, 0.5) is 0 Å². The van der Waals surface area contributed by atoms with E-state index in [2.05, 4.69) is 49.0 Å². The number of carbonyl (C=O) groups excluding carboxylic acids is 1. The first kappa shape index (κ1) is 13.2. The Morgan fingerprint density at radius 3 is 1.79 bits per heavy atom. The van der Waals surface area contributed by atoms with Gasteiger partial charge in [-0.3, -0.25) is 4.79 Å². The van der Waals surface area contributed by atoms with E-state index in [0.29, 0.717) is 11.6 Å². The fraction of sp³-hybridized carbons (Fsp3) is 0.176. The van der Waals surface area contributed by atoms with Gasteiger partial charge < -0.3 is 0 Å². The van der Waals surface area contributed by atoms with E-state index in [9.17, 15) is 4.79 Å². The molecular formula is C17H18NO+. The Morgan fingerprint density at radius 1 is 0.842 bits per heavy atom. The van der Waals surface area contributed by atoms with Crippen molar-refractivity contribution in [1.82, 2.24) is 0 Å². The molecule has 1 aromatic heterocycles. The minimum atomic E-state index is 0.480. The molecule has 0 bridgehead atoms. The van der Waals surface area contributed by atoms with Crippen LogP contribution in [0.25, 0.3) is 12.2 Å². The molecule has 0 atom stereocenters. The number of pyridine rings is 1. The van der Waals surface area contributed by atoms with Gasteiger partial charge in [-0.1, -0.05) is 36.4 Å². The molecule has 2 heteroatoms. The molecule has 1 aromatic carbocycles. The number of nitrogens with zero attached hydrogens (tertiary/aromatic N) is 1. The monoisotopic (exact) mass is 252 g/mol. The predicted octanol–water partition coefficient (Wildman–Crippen LogP) is 3.54. The van der Waals surface area contributed by atoms with Crippen LogP contribution in [0.15, 0.2) is 48.8 Å². The molecule has 2 nitrogen and oxygen atoms in total. The van der Waals surface area contributed by atoms with E-state index < -0.39 is 0 Å². The minimum Gasteiger partial charge on any atom is -0.298 e. The zero-order chi connectivity index (χ0) is 13.7. The number of hydrogen-bond acceptors (Lipinski definition) is 1. The van der Waals surface area contributed by atoms with Crippen LogP contribution in [0.5, 0.6) is 0 Å². The number of benzene rings is 1. The molecule has 0 aliphatic rings. The van der Waals surface area contributed by atoms with Crippen molar-refractivity contribution in [3.05, 3.63) is 65.5 Å². The van der Waals surface area contributed by atoms with Crippen LogP contribution in [0.2, 0.25) is 0 Å². The Bertz CT molecular complexity index is 565. The van der Waals surface area contributed by atoms with Crippen LogP contribution in [-0.4, -0.2) is 6.29 Å². The molecule has 0 N–H and O–H groups in total. The van der Waals surface area contributed by atoms with Gasteiger partial charge in [-0.05, 0) is 25.0 Å². The second-order valence-corrected chi connectivity index (χ2v) is 4.79. The summed E-state index contributed by atoms with van der Waals surface area (Å²) in [4.78, 5) is 10.6. The fourth-order valence-electron chi connectivity index (χ4n) is 1.78. The fourth-order valence-corrected chi connectivity index (χ4v) is 1.78. The Kier molecular flexibility index (Phi) is 4.24. The van der Waals surface area contributed by atoms with Crippen molar-refractivity contribution >= 4 is 18.4 Å². The number of carbonyl (C=O) groups is 1. The molecule has 0 aliphatic carbocycles. The molecule has 0 aliphatic heterocycles. The smallest absolute Gasteiger partial charge is 0.169 e. The molecule has 2 aromatic rings. The van der Waals surface area contributed by atoms with Crippen LogP contribution in [0.1, 0.15) is 41.4 Å². The summed E-state index contributed by atoms with van der Waals surface area (Å²) in [5, 5.41) is 0. The molecule has 1 heterocycles. The molecular weight excluding hydrogens is 234 g/mol. The van der Waals surface area contributed by atoms with Gasteiger partial charge in [0.05, 0.1) is 0 Å². The first-order chi connectivity index (χ1) is 9.19. The third-order valence-corrected chi connectivity index (χ3v) is 3.02. The highest BCUT2D eigenvalue weighted by molar-refractivity contribution is 5.76. The lowest BCUT2D eigenvalue weighted by Gasteiger charge is -1.99. The highest BCUT2D eigenvalue weighted by Gasteiger charge is 2.03. The third kappa shape index (κ3) is 3.62. The lowest BCUT2D eigenvalue weighted by Crippen LogP contribution is -2.34. The summed E-state index contributed by atoms with van der Waals surface area (Å²) in [7, 11) is 0. The molecule has 0 radical (unpaired) electrons.